The van der Waals surface area contributed by atoms with Gasteiger partial charge in [0.15, 0.2) is 5.78 Å². The summed E-state index contributed by atoms with van der Waals surface area (Å²) in [6.45, 7) is 0. The molecule has 0 bridgehead atoms. The van der Waals surface area contributed by atoms with E-state index in [1.165, 1.54) is 18.2 Å². The predicted molar refractivity (Wildman–Crippen MR) is 77.1 cm³/mol. The van der Waals surface area contributed by atoms with Crippen LogP contribution in [0.4, 0.5) is 4.39 Å². The molecule has 2 nitrogen and oxygen atoms in total. The smallest absolute Gasteiger partial charge is 0.164 e. The lowest BCUT2D eigenvalue weighted by molar-refractivity contribution is -0.121. The Morgan fingerprint density at radius 3 is 2.43 bits per heavy atom. The SMILES string of the molecule is N#CC(C(=O)C1(c2ccccc2)CC1)c1cccc(F)c1. The number of benzene rings is 2. The molecule has 1 fully saturated rings. The third-order valence-corrected chi connectivity index (χ3v) is 4.12. The van der Waals surface area contributed by atoms with E-state index in [0.717, 1.165) is 18.4 Å². The molecule has 1 unspecified atom stereocenters. The lowest BCUT2D eigenvalue weighted by Gasteiger charge is -2.18. The first-order valence-electron chi connectivity index (χ1n) is 6.92. The normalized spacial score (nSPS) is 16.8. The Hall–Kier alpha value is -2.47. The van der Waals surface area contributed by atoms with E-state index in [0.29, 0.717) is 5.56 Å². The second-order valence-corrected chi connectivity index (χ2v) is 5.43. The van der Waals surface area contributed by atoms with E-state index in [2.05, 4.69) is 0 Å². The van der Waals surface area contributed by atoms with Gasteiger partial charge in [-0.25, -0.2) is 4.39 Å². The molecule has 0 heterocycles. The maximum atomic E-state index is 13.3. The Morgan fingerprint density at radius 2 is 1.86 bits per heavy atom. The molecule has 1 aliphatic carbocycles. The highest BCUT2D eigenvalue weighted by Crippen LogP contribution is 2.51. The molecule has 2 aromatic rings. The van der Waals surface area contributed by atoms with Crippen molar-refractivity contribution >= 4 is 5.78 Å². The van der Waals surface area contributed by atoms with Crippen LogP contribution in [-0.2, 0) is 10.2 Å². The molecule has 1 aliphatic rings. The van der Waals surface area contributed by atoms with Crippen molar-refractivity contribution in [3.05, 3.63) is 71.5 Å². The largest absolute Gasteiger partial charge is 0.297 e. The summed E-state index contributed by atoms with van der Waals surface area (Å²) < 4.78 is 13.3. The Balaban J connectivity index is 1.96. The van der Waals surface area contributed by atoms with Crippen LogP contribution in [-0.4, -0.2) is 5.78 Å². The van der Waals surface area contributed by atoms with Gasteiger partial charge in [0.25, 0.3) is 0 Å². The van der Waals surface area contributed by atoms with Crippen LogP contribution < -0.4 is 0 Å². The fraction of sp³-hybridized carbons (Fsp3) is 0.222. The number of nitriles is 1. The zero-order valence-corrected chi connectivity index (χ0v) is 11.4. The van der Waals surface area contributed by atoms with Crippen molar-refractivity contribution in [3.63, 3.8) is 0 Å². The summed E-state index contributed by atoms with van der Waals surface area (Å²) in [4.78, 5) is 12.8. The molecule has 0 aliphatic heterocycles. The maximum absolute atomic E-state index is 13.3. The van der Waals surface area contributed by atoms with Gasteiger partial charge in [0.05, 0.1) is 11.5 Å². The zero-order chi connectivity index (χ0) is 14.9. The fourth-order valence-corrected chi connectivity index (χ4v) is 2.81. The summed E-state index contributed by atoms with van der Waals surface area (Å²) in [7, 11) is 0. The van der Waals surface area contributed by atoms with Gasteiger partial charge in [-0.05, 0) is 36.1 Å². The van der Waals surface area contributed by atoms with E-state index < -0.39 is 17.2 Å². The van der Waals surface area contributed by atoms with Crippen LogP contribution in [0.5, 0.6) is 0 Å². The molecule has 21 heavy (non-hydrogen) atoms. The Labute approximate surface area is 122 Å². The van der Waals surface area contributed by atoms with Gasteiger partial charge >= 0.3 is 0 Å². The van der Waals surface area contributed by atoms with E-state index in [-0.39, 0.29) is 5.78 Å². The summed E-state index contributed by atoms with van der Waals surface area (Å²) in [6.07, 6.45) is 1.51. The van der Waals surface area contributed by atoms with Crippen LogP contribution in [0.3, 0.4) is 0 Å². The van der Waals surface area contributed by atoms with Crippen LogP contribution in [0.25, 0.3) is 0 Å². The number of Topliss-reactive ketones (excluding diaryl/α,β-unsaturated/α-hetero) is 1. The molecule has 2 aromatic carbocycles. The number of hydrogen-bond acceptors (Lipinski definition) is 2. The number of rotatable bonds is 4. The highest BCUT2D eigenvalue weighted by Gasteiger charge is 2.53. The third kappa shape index (κ3) is 2.34. The quantitative estimate of drug-likeness (QED) is 0.855. The van der Waals surface area contributed by atoms with Crippen molar-refractivity contribution in [1.29, 1.82) is 5.26 Å². The number of nitrogens with zero attached hydrogens (tertiary/aromatic N) is 1. The number of ketones is 1. The Bertz CT molecular complexity index is 713. The summed E-state index contributed by atoms with van der Waals surface area (Å²) >= 11 is 0. The first-order chi connectivity index (χ1) is 10.2. The molecular formula is C18H14FNO. The molecule has 0 radical (unpaired) electrons. The molecular weight excluding hydrogens is 265 g/mol. The van der Waals surface area contributed by atoms with E-state index >= 15 is 0 Å². The molecule has 1 atom stereocenters. The topological polar surface area (TPSA) is 40.9 Å². The first kappa shape index (κ1) is 13.5. The molecule has 0 spiro atoms. The minimum absolute atomic E-state index is 0.123. The van der Waals surface area contributed by atoms with Gasteiger partial charge in [-0.3, -0.25) is 4.79 Å². The standard InChI is InChI=1S/C18H14FNO/c19-15-8-4-5-13(11-15)16(12-20)17(21)18(9-10-18)14-6-2-1-3-7-14/h1-8,11,16H,9-10H2. The Kier molecular flexibility index (Phi) is 3.31. The van der Waals surface area contributed by atoms with Crippen molar-refractivity contribution in [3.8, 4) is 6.07 Å². The van der Waals surface area contributed by atoms with Gasteiger partial charge in [0.1, 0.15) is 11.7 Å². The molecule has 0 N–H and O–H groups in total. The molecule has 3 rings (SSSR count). The van der Waals surface area contributed by atoms with Gasteiger partial charge in [0, 0.05) is 0 Å². The van der Waals surface area contributed by atoms with E-state index in [4.69, 9.17) is 0 Å². The highest BCUT2D eigenvalue weighted by atomic mass is 19.1. The fourth-order valence-electron chi connectivity index (χ4n) is 2.81. The van der Waals surface area contributed by atoms with Crippen molar-refractivity contribution in [2.75, 3.05) is 0 Å². The Morgan fingerprint density at radius 1 is 1.14 bits per heavy atom. The van der Waals surface area contributed by atoms with Gasteiger partial charge in [-0.1, -0.05) is 42.5 Å². The van der Waals surface area contributed by atoms with Gasteiger partial charge in [-0.15, -0.1) is 0 Å². The number of hydrogen-bond donors (Lipinski definition) is 0. The molecule has 0 amide bonds. The van der Waals surface area contributed by atoms with E-state index in [1.807, 2.05) is 36.4 Å². The lowest BCUT2D eigenvalue weighted by atomic mass is 9.82. The second-order valence-electron chi connectivity index (χ2n) is 5.43. The number of carbonyl (C=O) groups excluding carboxylic acids is 1. The van der Waals surface area contributed by atoms with Gasteiger partial charge in [0.2, 0.25) is 0 Å². The van der Waals surface area contributed by atoms with E-state index in [1.54, 1.807) is 6.07 Å². The summed E-state index contributed by atoms with van der Waals surface area (Å²) in [5.74, 6) is -1.46. The minimum Gasteiger partial charge on any atom is -0.297 e. The van der Waals surface area contributed by atoms with E-state index in [9.17, 15) is 14.4 Å². The lowest BCUT2D eigenvalue weighted by Crippen LogP contribution is -2.26. The second kappa shape index (κ2) is 5.14. The summed E-state index contributed by atoms with van der Waals surface area (Å²) in [6, 6.07) is 17.3. The average Bonchev–Trinajstić information content (AvgIpc) is 3.31. The average molecular weight is 279 g/mol. The van der Waals surface area contributed by atoms with Crippen LogP contribution in [0.2, 0.25) is 0 Å². The van der Waals surface area contributed by atoms with Crippen LogP contribution in [0.1, 0.15) is 29.9 Å². The summed E-state index contributed by atoms with van der Waals surface area (Å²) in [5, 5.41) is 9.39. The van der Waals surface area contributed by atoms with Gasteiger partial charge < -0.3 is 0 Å². The van der Waals surface area contributed by atoms with Crippen LogP contribution in [0, 0.1) is 17.1 Å². The molecule has 104 valence electrons. The molecule has 1 saturated carbocycles. The zero-order valence-electron chi connectivity index (χ0n) is 11.4. The molecule has 0 aromatic heterocycles. The maximum Gasteiger partial charge on any atom is 0.164 e. The molecule has 3 heteroatoms. The van der Waals surface area contributed by atoms with Crippen molar-refractivity contribution in [2.24, 2.45) is 0 Å². The first-order valence-corrected chi connectivity index (χ1v) is 6.92. The third-order valence-electron chi connectivity index (χ3n) is 4.12. The van der Waals surface area contributed by atoms with Crippen molar-refractivity contribution in [2.45, 2.75) is 24.2 Å². The van der Waals surface area contributed by atoms with Crippen LogP contribution in [0.15, 0.2) is 54.6 Å². The van der Waals surface area contributed by atoms with Gasteiger partial charge in [-0.2, -0.15) is 5.26 Å². The number of halogens is 1. The summed E-state index contributed by atoms with van der Waals surface area (Å²) in [5.41, 5.74) is 0.824. The van der Waals surface area contributed by atoms with Crippen LogP contribution >= 0.6 is 0 Å². The molecule has 0 saturated heterocycles. The monoisotopic (exact) mass is 279 g/mol. The van der Waals surface area contributed by atoms with Crippen molar-refractivity contribution < 1.29 is 9.18 Å². The number of carbonyl (C=O) groups is 1. The minimum atomic E-state index is -0.914. The van der Waals surface area contributed by atoms with Crippen molar-refractivity contribution in [1.82, 2.24) is 0 Å². The highest BCUT2D eigenvalue weighted by molar-refractivity contribution is 5.99. The predicted octanol–water partition coefficient (Wildman–Crippen LogP) is 3.73.